The second-order valence-electron chi connectivity index (χ2n) is 5.03. The number of halogens is 4. The number of thiocarbonyl (C=S) groups is 1. The van der Waals surface area contributed by atoms with E-state index in [2.05, 4.69) is 10.5 Å². The maximum absolute atomic E-state index is 12.9. The quantitative estimate of drug-likeness (QED) is 0.465. The fourth-order valence-corrected chi connectivity index (χ4v) is 2.41. The Morgan fingerprint density at radius 3 is 2.56 bits per heavy atom. The number of alkyl halides is 3. The number of nitrogens with zero attached hydrogens (tertiary/aromatic N) is 2. The van der Waals surface area contributed by atoms with Crippen molar-refractivity contribution in [3.05, 3.63) is 28.8 Å². The lowest BCUT2D eigenvalue weighted by molar-refractivity contribution is -0.137. The van der Waals surface area contributed by atoms with Crippen LogP contribution in [0.5, 0.6) is 0 Å². The Labute approximate surface area is 151 Å². The molecule has 25 heavy (non-hydrogen) atoms. The third-order valence-corrected chi connectivity index (χ3v) is 3.83. The number of nitrogens with one attached hydrogen (secondary N) is 1. The zero-order chi connectivity index (χ0) is 18.6. The van der Waals surface area contributed by atoms with E-state index in [0.29, 0.717) is 26.3 Å². The van der Waals surface area contributed by atoms with Crippen LogP contribution < -0.4 is 11.2 Å². The van der Waals surface area contributed by atoms with Crippen LogP contribution >= 0.6 is 23.8 Å². The number of hydrogen-bond donors (Lipinski definition) is 2. The fourth-order valence-electron chi connectivity index (χ4n) is 2.06. The number of rotatable bonds is 4. The molecule has 6 nitrogen and oxygen atoms in total. The summed E-state index contributed by atoms with van der Waals surface area (Å²) in [6.45, 7) is 1.44. The first-order valence-corrected chi connectivity index (χ1v) is 7.86. The first-order chi connectivity index (χ1) is 11.7. The van der Waals surface area contributed by atoms with Gasteiger partial charge in [-0.05, 0) is 18.2 Å². The van der Waals surface area contributed by atoms with Crippen molar-refractivity contribution in [2.45, 2.75) is 6.18 Å². The van der Waals surface area contributed by atoms with Gasteiger partial charge in [-0.3, -0.25) is 10.2 Å². The van der Waals surface area contributed by atoms with Crippen LogP contribution in [0.3, 0.4) is 0 Å². The van der Waals surface area contributed by atoms with Gasteiger partial charge < -0.3 is 15.4 Å². The van der Waals surface area contributed by atoms with Gasteiger partial charge >= 0.3 is 6.18 Å². The number of carbonyl (C=O) groups is 1. The Morgan fingerprint density at radius 2 is 2.00 bits per heavy atom. The lowest BCUT2D eigenvalue weighted by Gasteiger charge is -2.26. The Bertz CT molecular complexity index is 706. The molecule has 3 N–H and O–H groups in total. The number of nitrogens with two attached hydrogens (primary N) is 1. The van der Waals surface area contributed by atoms with Gasteiger partial charge in [0.2, 0.25) is 0 Å². The summed E-state index contributed by atoms with van der Waals surface area (Å²) in [6, 6.07) is 3.15. The van der Waals surface area contributed by atoms with E-state index in [1.807, 2.05) is 0 Å². The van der Waals surface area contributed by atoms with Gasteiger partial charge in [0.15, 0.2) is 5.71 Å². The van der Waals surface area contributed by atoms with Crippen LogP contribution in [0.2, 0.25) is 5.02 Å². The molecule has 0 atom stereocenters. The molecule has 1 aromatic rings. The summed E-state index contributed by atoms with van der Waals surface area (Å²) in [6.07, 6.45) is -4.62. The van der Waals surface area contributed by atoms with E-state index >= 15 is 0 Å². The predicted molar refractivity (Wildman–Crippen MR) is 91.7 cm³/mol. The van der Waals surface area contributed by atoms with Gasteiger partial charge in [-0.2, -0.15) is 18.3 Å². The van der Waals surface area contributed by atoms with Crippen LogP contribution in [0.4, 0.5) is 18.9 Å². The van der Waals surface area contributed by atoms with Crippen LogP contribution in [-0.2, 0) is 15.7 Å². The normalized spacial score (nSPS) is 15.8. The van der Waals surface area contributed by atoms with Crippen LogP contribution in [0.1, 0.15) is 5.56 Å². The van der Waals surface area contributed by atoms with Gasteiger partial charge in [-0.25, -0.2) is 0 Å². The molecule has 0 aromatic heterocycles. The van der Waals surface area contributed by atoms with Gasteiger partial charge in [0.25, 0.3) is 5.91 Å². The number of hydrogen-bond acceptors (Lipinski definition) is 5. The number of anilines is 1. The highest BCUT2D eigenvalue weighted by Crippen LogP contribution is 2.36. The molecule has 0 radical (unpaired) electrons. The summed E-state index contributed by atoms with van der Waals surface area (Å²) in [5, 5.41) is 3.34. The lowest BCUT2D eigenvalue weighted by Crippen LogP contribution is -2.47. The molecule has 0 bridgehead atoms. The number of morpholine rings is 1. The molecule has 11 heteroatoms. The number of ether oxygens (including phenoxy) is 1. The van der Waals surface area contributed by atoms with Crippen LogP contribution in [0, 0.1) is 0 Å². The largest absolute Gasteiger partial charge is 0.417 e. The topological polar surface area (TPSA) is 79.9 Å². The summed E-state index contributed by atoms with van der Waals surface area (Å²) in [5.41, 5.74) is 6.60. The van der Waals surface area contributed by atoms with Crippen molar-refractivity contribution in [2.75, 3.05) is 31.7 Å². The minimum Gasteiger partial charge on any atom is -0.388 e. The van der Waals surface area contributed by atoms with E-state index in [1.54, 1.807) is 0 Å². The number of benzene rings is 1. The summed E-state index contributed by atoms with van der Waals surface area (Å²) >= 11 is 10.4. The predicted octanol–water partition coefficient (Wildman–Crippen LogP) is 2.27. The smallest absolute Gasteiger partial charge is 0.388 e. The molecule has 1 amide bonds. The molecule has 0 saturated carbocycles. The first-order valence-electron chi connectivity index (χ1n) is 7.07. The van der Waals surface area contributed by atoms with Crippen LogP contribution in [0.25, 0.3) is 0 Å². The third-order valence-electron chi connectivity index (χ3n) is 3.30. The van der Waals surface area contributed by atoms with E-state index in [0.717, 1.165) is 12.1 Å². The Hall–Kier alpha value is -1.91. The van der Waals surface area contributed by atoms with Crippen LogP contribution in [0.15, 0.2) is 23.3 Å². The Kier molecular flexibility index (Phi) is 6.20. The maximum atomic E-state index is 12.9. The molecule has 1 aliphatic rings. The van der Waals surface area contributed by atoms with Crippen molar-refractivity contribution in [2.24, 2.45) is 10.8 Å². The van der Waals surface area contributed by atoms with Gasteiger partial charge in [-0.1, -0.05) is 23.8 Å². The SMILES string of the molecule is NC(=S)/C(=N/Nc1ccc(Cl)c(C(F)(F)F)c1)C(=O)N1CCOCC1. The third kappa shape index (κ3) is 5.03. The Balaban J connectivity index is 2.22. The molecule has 136 valence electrons. The van der Waals surface area contributed by atoms with Crippen molar-refractivity contribution in [3.8, 4) is 0 Å². The van der Waals surface area contributed by atoms with Crippen molar-refractivity contribution in [1.29, 1.82) is 0 Å². The molecule has 1 heterocycles. The summed E-state index contributed by atoms with van der Waals surface area (Å²) in [4.78, 5) is 13.6. The van der Waals surface area contributed by atoms with Crippen molar-refractivity contribution >= 4 is 46.1 Å². The highest BCUT2D eigenvalue weighted by Gasteiger charge is 2.33. The van der Waals surface area contributed by atoms with Crippen molar-refractivity contribution < 1.29 is 22.7 Å². The zero-order valence-corrected chi connectivity index (χ0v) is 14.3. The maximum Gasteiger partial charge on any atom is 0.417 e. The number of carbonyl (C=O) groups excluding carboxylic acids is 1. The average Bonchev–Trinajstić information content (AvgIpc) is 2.55. The summed E-state index contributed by atoms with van der Waals surface area (Å²) in [5.74, 6) is -0.520. The van der Waals surface area contributed by atoms with Crippen LogP contribution in [-0.4, -0.2) is 47.8 Å². The van der Waals surface area contributed by atoms with E-state index in [1.165, 1.54) is 11.0 Å². The van der Waals surface area contributed by atoms with Gasteiger partial charge in [0.1, 0.15) is 4.99 Å². The van der Waals surface area contributed by atoms with Crippen molar-refractivity contribution in [3.63, 3.8) is 0 Å². The standard InChI is InChI=1S/C14H14ClF3N4O2S/c15-10-2-1-8(7-9(10)14(16,17)18)20-21-11(12(19)25)13(23)22-3-5-24-6-4-22/h1-2,7,20H,3-6H2,(H2,19,25)/b21-11-. The molecular weight excluding hydrogens is 381 g/mol. The fraction of sp³-hybridized carbons (Fsp3) is 0.357. The average molecular weight is 395 g/mol. The highest BCUT2D eigenvalue weighted by atomic mass is 35.5. The molecule has 1 aromatic carbocycles. The second kappa shape index (κ2) is 7.98. The summed E-state index contributed by atoms with van der Waals surface area (Å²) in [7, 11) is 0. The molecule has 0 unspecified atom stereocenters. The minimum absolute atomic E-state index is 0.0137. The molecule has 1 saturated heterocycles. The number of amides is 1. The molecular formula is C14H14ClF3N4O2S. The van der Waals surface area contributed by atoms with E-state index in [4.69, 9.17) is 34.3 Å². The zero-order valence-electron chi connectivity index (χ0n) is 12.8. The monoisotopic (exact) mass is 394 g/mol. The lowest BCUT2D eigenvalue weighted by atomic mass is 10.2. The van der Waals surface area contributed by atoms with Crippen molar-refractivity contribution in [1.82, 2.24) is 4.90 Å². The minimum atomic E-state index is -4.62. The molecule has 0 spiro atoms. The van der Waals surface area contributed by atoms with Gasteiger partial charge in [0, 0.05) is 13.1 Å². The molecule has 1 aliphatic heterocycles. The molecule has 0 aliphatic carbocycles. The number of hydrazone groups is 1. The highest BCUT2D eigenvalue weighted by molar-refractivity contribution is 7.82. The van der Waals surface area contributed by atoms with E-state index in [-0.39, 0.29) is 16.4 Å². The summed E-state index contributed by atoms with van der Waals surface area (Å²) < 4.78 is 43.7. The molecule has 2 rings (SSSR count). The van der Waals surface area contributed by atoms with E-state index in [9.17, 15) is 18.0 Å². The van der Waals surface area contributed by atoms with Gasteiger partial charge in [-0.15, -0.1) is 0 Å². The second-order valence-corrected chi connectivity index (χ2v) is 5.88. The van der Waals surface area contributed by atoms with Gasteiger partial charge in [0.05, 0.1) is 29.5 Å². The molecule has 1 fully saturated rings. The van der Waals surface area contributed by atoms with E-state index < -0.39 is 22.7 Å². The first kappa shape index (κ1) is 19.4. The Morgan fingerprint density at radius 1 is 1.36 bits per heavy atom.